The minimum atomic E-state index is -6.71. The van der Waals surface area contributed by atoms with Gasteiger partial charge in [0.05, 0.1) is 6.61 Å². The van der Waals surface area contributed by atoms with Gasteiger partial charge in [-0.25, -0.2) is 0 Å². The minimum Gasteiger partial charge on any atom is -0.493 e. The summed E-state index contributed by atoms with van der Waals surface area (Å²) in [7, 11) is 3.39. The Morgan fingerprint density at radius 3 is 2.16 bits per heavy atom. The molecule has 4 rings (SSSR count). The lowest BCUT2D eigenvalue weighted by atomic mass is 9.55. The van der Waals surface area contributed by atoms with Crippen molar-refractivity contribution in [3.05, 3.63) is 29.3 Å². The summed E-state index contributed by atoms with van der Waals surface area (Å²) in [5.41, 5.74) is -3.69. The van der Waals surface area contributed by atoms with Crippen LogP contribution in [0, 0.1) is 17.3 Å². The Bertz CT molecular complexity index is 1050. The van der Waals surface area contributed by atoms with Crippen molar-refractivity contribution in [1.82, 2.24) is 4.90 Å². The maximum Gasteiger partial charge on any atom is 0.435 e. The predicted molar refractivity (Wildman–Crippen MR) is 141 cm³/mol. The summed E-state index contributed by atoms with van der Waals surface area (Å²) in [5.74, 6) is 2.09. The fourth-order valence-corrected chi connectivity index (χ4v) is 8.16. The van der Waals surface area contributed by atoms with Crippen LogP contribution >= 0.6 is 0 Å². The van der Waals surface area contributed by atoms with E-state index in [0.717, 1.165) is 50.7 Å². The van der Waals surface area contributed by atoms with E-state index in [1.165, 1.54) is 11.1 Å². The second kappa shape index (κ2) is 12.6. The summed E-state index contributed by atoms with van der Waals surface area (Å²) >= 11 is 0. The van der Waals surface area contributed by atoms with Crippen molar-refractivity contribution in [2.75, 3.05) is 40.5 Å². The molecular formula is C30H40F9NO3. The van der Waals surface area contributed by atoms with E-state index < -0.39 is 37.2 Å². The highest BCUT2D eigenvalue weighted by Crippen LogP contribution is 2.62. The van der Waals surface area contributed by atoms with Crippen LogP contribution in [-0.2, 0) is 15.9 Å². The summed E-state index contributed by atoms with van der Waals surface area (Å²) in [4.78, 5) is 1.88. The van der Waals surface area contributed by atoms with E-state index in [1.807, 2.05) is 11.0 Å². The molecule has 0 amide bonds. The molecule has 13 heteroatoms. The lowest BCUT2D eigenvalue weighted by Gasteiger charge is -2.52. The summed E-state index contributed by atoms with van der Waals surface area (Å²) in [6.07, 6.45) is -14.2. The van der Waals surface area contributed by atoms with Crippen LogP contribution in [0.1, 0.15) is 68.9 Å². The number of alkyl halides is 9. The molecule has 1 aromatic rings. The fourth-order valence-electron chi connectivity index (χ4n) is 8.16. The van der Waals surface area contributed by atoms with Gasteiger partial charge < -0.3 is 19.1 Å². The quantitative estimate of drug-likeness (QED) is 0.182. The SMILES string of the molecule is COCCCOc1ccc2c(c1)CCC1C2CC[C@@]2(C)C1CC[C@@H]2N(C)CCCOC(C(F)(F)F)(C(F)(F)F)C(F)(F)F. The average Bonchev–Trinajstić information content (AvgIpc) is 3.25. The third-order valence-electron chi connectivity index (χ3n) is 10.1. The smallest absolute Gasteiger partial charge is 0.435 e. The first-order valence-electron chi connectivity index (χ1n) is 14.8. The summed E-state index contributed by atoms with van der Waals surface area (Å²) in [5, 5.41) is 0. The van der Waals surface area contributed by atoms with Crippen molar-refractivity contribution in [2.24, 2.45) is 17.3 Å². The molecule has 0 aliphatic heterocycles. The Labute approximate surface area is 246 Å². The summed E-state index contributed by atoms with van der Waals surface area (Å²) < 4.78 is 133. The van der Waals surface area contributed by atoms with Crippen molar-refractivity contribution in [1.29, 1.82) is 0 Å². The molecule has 3 aliphatic carbocycles. The van der Waals surface area contributed by atoms with Gasteiger partial charge in [-0.15, -0.1) is 0 Å². The highest BCUT2D eigenvalue weighted by Gasteiger charge is 2.85. The lowest BCUT2D eigenvalue weighted by Crippen LogP contribution is -2.67. The van der Waals surface area contributed by atoms with Crippen molar-refractivity contribution in [3.63, 3.8) is 0 Å². The molecule has 3 aliphatic rings. The Kier molecular flexibility index (Phi) is 9.99. The molecule has 2 saturated carbocycles. The molecule has 0 heterocycles. The molecule has 246 valence electrons. The maximum atomic E-state index is 13.2. The van der Waals surface area contributed by atoms with Crippen LogP contribution in [0.2, 0.25) is 0 Å². The highest BCUT2D eigenvalue weighted by atomic mass is 19.4. The van der Waals surface area contributed by atoms with Crippen LogP contribution in [0.5, 0.6) is 5.75 Å². The van der Waals surface area contributed by atoms with E-state index in [-0.39, 0.29) is 18.0 Å². The minimum absolute atomic E-state index is 0.0142. The van der Waals surface area contributed by atoms with E-state index >= 15 is 0 Å². The van der Waals surface area contributed by atoms with E-state index in [1.54, 1.807) is 14.2 Å². The number of benzene rings is 1. The van der Waals surface area contributed by atoms with E-state index in [9.17, 15) is 39.5 Å². The van der Waals surface area contributed by atoms with Gasteiger partial charge in [-0.3, -0.25) is 0 Å². The van der Waals surface area contributed by atoms with Gasteiger partial charge in [0.1, 0.15) is 5.75 Å². The van der Waals surface area contributed by atoms with Crippen LogP contribution < -0.4 is 4.74 Å². The fraction of sp³-hybridized carbons (Fsp3) is 0.800. The zero-order valence-corrected chi connectivity index (χ0v) is 24.6. The predicted octanol–water partition coefficient (Wildman–Crippen LogP) is 8.09. The molecule has 4 nitrogen and oxygen atoms in total. The molecule has 2 fully saturated rings. The second-order valence-corrected chi connectivity index (χ2v) is 12.5. The Morgan fingerprint density at radius 1 is 0.860 bits per heavy atom. The number of nitrogens with zero attached hydrogens (tertiary/aromatic N) is 1. The molecule has 3 unspecified atom stereocenters. The summed E-state index contributed by atoms with van der Waals surface area (Å²) in [6.45, 7) is 2.09. The number of halogens is 9. The van der Waals surface area contributed by atoms with Crippen LogP contribution in [-0.4, -0.2) is 75.6 Å². The van der Waals surface area contributed by atoms with Gasteiger partial charge in [-0.1, -0.05) is 13.0 Å². The largest absolute Gasteiger partial charge is 0.493 e. The molecule has 0 spiro atoms. The second-order valence-electron chi connectivity index (χ2n) is 12.5. The van der Waals surface area contributed by atoms with Gasteiger partial charge >= 0.3 is 24.1 Å². The van der Waals surface area contributed by atoms with Crippen LogP contribution in [0.3, 0.4) is 0 Å². The third kappa shape index (κ3) is 6.36. The van der Waals surface area contributed by atoms with Gasteiger partial charge in [0.25, 0.3) is 0 Å². The first-order chi connectivity index (χ1) is 20.0. The normalized spacial score (nSPS) is 28.0. The Morgan fingerprint density at radius 2 is 1.53 bits per heavy atom. The number of methoxy groups -OCH3 is 1. The maximum absolute atomic E-state index is 13.2. The van der Waals surface area contributed by atoms with Gasteiger partial charge in [0, 0.05) is 39.3 Å². The standard InChI is InChI=1S/C30H40F9NO3/c1-26-13-12-22-21-9-7-20(42-16-5-15-41-3)18-19(21)6-8-23(22)24(26)10-11-25(26)40(2)14-4-17-43-27(28(31,32)33,29(34,35)36)30(37,38)39/h7,9,18,22-25H,4-6,8,10-17H2,1-3H3/t22?,23?,24?,25-,26-/m0/s1. The number of ether oxygens (including phenoxy) is 3. The van der Waals surface area contributed by atoms with Crippen LogP contribution in [0.25, 0.3) is 0 Å². The van der Waals surface area contributed by atoms with Gasteiger partial charge in [-0.05, 0) is 98.4 Å². The third-order valence-corrected chi connectivity index (χ3v) is 10.1. The zero-order valence-electron chi connectivity index (χ0n) is 24.6. The molecule has 0 saturated heterocycles. The molecule has 0 aromatic heterocycles. The first kappa shape index (κ1) is 34.1. The Hall–Kier alpha value is -1.73. The van der Waals surface area contributed by atoms with E-state index in [0.29, 0.717) is 31.0 Å². The average molecular weight is 634 g/mol. The first-order valence-corrected chi connectivity index (χ1v) is 14.8. The van der Waals surface area contributed by atoms with Crippen molar-refractivity contribution < 1.29 is 53.7 Å². The van der Waals surface area contributed by atoms with Crippen LogP contribution in [0.4, 0.5) is 39.5 Å². The molecule has 0 N–H and O–H groups in total. The zero-order chi connectivity index (χ0) is 31.8. The van der Waals surface area contributed by atoms with E-state index in [2.05, 4.69) is 23.8 Å². The van der Waals surface area contributed by atoms with Crippen molar-refractivity contribution in [3.8, 4) is 5.75 Å². The summed E-state index contributed by atoms with van der Waals surface area (Å²) in [6, 6.07) is 6.33. The van der Waals surface area contributed by atoms with Gasteiger partial charge in [0.15, 0.2) is 0 Å². The molecule has 0 bridgehead atoms. The molecule has 1 aromatic carbocycles. The number of rotatable bonds is 11. The molecule has 43 heavy (non-hydrogen) atoms. The number of fused-ring (bicyclic) bond motifs is 5. The topological polar surface area (TPSA) is 30.9 Å². The molecular weight excluding hydrogens is 593 g/mol. The van der Waals surface area contributed by atoms with E-state index in [4.69, 9.17) is 9.47 Å². The van der Waals surface area contributed by atoms with Gasteiger partial charge in [0.2, 0.25) is 0 Å². The number of hydrogen-bond donors (Lipinski definition) is 0. The lowest BCUT2D eigenvalue weighted by molar-refractivity contribution is -0.457. The molecule has 5 atom stereocenters. The monoisotopic (exact) mass is 633 g/mol. The highest BCUT2D eigenvalue weighted by molar-refractivity contribution is 5.40. The van der Waals surface area contributed by atoms with Crippen LogP contribution in [0.15, 0.2) is 18.2 Å². The van der Waals surface area contributed by atoms with Gasteiger partial charge in [-0.2, -0.15) is 39.5 Å². The molecule has 0 radical (unpaired) electrons. The Balaban J connectivity index is 1.37. The van der Waals surface area contributed by atoms with Crippen molar-refractivity contribution in [2.45, 2.75) is 94.4 Å². The number of aryl methyl sites for hydroxylation is 1. The number of hydrogen-bond acceptors (Lipinski definition) is 4. The van der Waals surface area contributed by atoms with Crippen molar-refractivity contribution >= 4 is 0 Å².